The number of aromatic nitrogens is 1. The zero-order chi connectivity index (χ0) is 14.4. The Bertz CT molecular complexity index is 648. The molecular weight excluding hydrogens is 256 g/mol. The van der Waals surface area contributed by atoms with Crippen LogP contribution in [0.25, 0.3) is 0 Å². The monoisotopic (exact) mass is 270 g/mol. The molecule has 0 aliphatic carbocycles. The number of aryl methyl sites for hydroxylation is 1. The summed E-state index contributed by atoms with van der Waals surface area (Å²) < 4.78 is 9.88. The summed E-state index contributed by atoms with van der Waals surface area (Å²) in [6.07, 6.45) is 0. The van der Waals surface area contributed by atoms with E-state index in [0.717, 1.165) is 11.3 Å². The number of hydrogen-bond acceptors (Lipinski definition) is 4. The second kappa shape index (κ2) is 6.43. The predicted molar refractivity (Wildman–Crippen MR) is 73.4 cm³/mol. The summed E-state index contributed by atoms with van der Waals surface area (Å²) in [4.78, 5) is 11.6. The molecule has 0 saturated heterocycles. The number of carbonyl (C=O) groups excluding carboxylic acids is 1. The lowest BCUT2D eigenvalue weighted by Gasteiger charge is -1.98. The fourth-order valence-electron chi connectivity index (χ4n) is 1.51. The van der Waals surface area contributed by atoms with E-state index < -0.39 is 0 Å². The molecule has 1 aromatic carbocycles. The maximum Gasteiger partial charge on any atom is 0.274 e. The van der Waals surface area contributed by atoms with Gasteiger partial charge in [-0.15, -0.1) is 0 Å². The molecule has 0 radical (unpaired) electrons. The van der Waals surface area contributed by atoms with Gasteiger partial charge >= 0.3 is 0 Å². The van der Waals surface area contributed by atoms with Crippen molar-refractivity contribution in [3.05, 3.63) is 47.3 Å². The Morgan fingerprint density at radius 2 is 2.15 bits per heavy atom. The van der Waals surface area contributed by atoms with Crippen LogP contribution in [-0.4, -0.2) is 24.7 Å². The number of hydrogen-bond donors (Lipinski definition) is 1. The summed E-state index contributed by atoms with van der Waals surface area (Å²) in [5, 5.41) is 6.27. The first-order valence-corrected chi connectivity index (χ1v) is 6.03. The molecule has 5 nitrogen and oxygen atoms in total. The second-order valence-electron chi connectivity index (χ2n) is 4.04. The van der Waals surface area contributed by atoms with E-state index in [1.807, 2.05) is 24.3 Å². The van der Waals surface area contributed by atoms with Crippen LogP contribution >= 0.6 is 0 Å². The summed E-state index contributed by atoms with van der Waals surface area (Å²) in [6.45, 7) is 1.98. The van der Waals surface area contributed by atoms with Crippen molar-refractivity contribution in [3.8, 4) is 17.6 Å². The van der Waals surface area contributed by atoms with Crippen molar-refractivity contribution in [3.63, 3.8) is 0 Å². The van der Waals surface area contributed by atoms with Crippen LogP contribution in [0.1, 0.15) is 21.8 Å². The van der Waals surface area contributed by atoms with Gasteiger partial charge in [-0.2, -0.15) is 0 Å². The Balaban J connectivity index is 1.86. The molecule has 1 aromatic heterocycles. The minimum Gasteiger partial charge on any atom is -0.497 e. The lowest BCUT2D eigenvalue weighted by Crippen LogP contribution is -2.23. The van der Waals surface area contributed by atoms with Gasteiger partial charge in [-0.1, -0.05) is 17.0 Å². The van der Waals surface area contributed by atoms with E-state index >= 15 is 0 Å². The Morgan fingerprint density at radius 3 is 2.75 bits per heavy atom. The molecule has 0 bridgehead atoms. The van der Waals surface area contributed by atoms with Gasteiger partial charge in [0.1, 0.15) is 11.5 Å². The maximum atomic E-state index is 11.6. The average Bonchev–Trinajstić information content (AvgIpc) is 2.91. The number of rotatable bonds is 3. The summed E-state index contributed by atoms with van der Waals surface area (Å²) in [5.74, 6) is 6.89. The normalized spacial score (nSPS) is 9.50. The van der Waals surface area contributed by atoms with Gasteiger partial charge in [-0.25, -0.2) is 0 Å². The number of nitrogens with one attached hydrogen (secondary N) is 1. The number of methoxy groups -OCH3 is 1. The standard InChI is InChI=1S/C15H14N2O3/c1-11-10-14(17-20-11)15(18)16-9-3-4-12-5-7-13(19-2)8-6-12/h5-8,10H,9H2,1-2H3,(H,16,18). The van der Waals surface area contributed by atoms with Gasteiger partial charge in [0.2, 0.25) is 0 Å². The third-order valence-electron chi connectivity index (χ3n) is 2.52. The minimum absolute atomic E-state index is 0.247. The molecule has 0 unspecified atom stereocenters. The molecule has 0 fully saturated rings. The van der Waals surface area contributed by atoms with E-state index in [1.165, 1.54) is 0 Å². The highest BCUT2D eigenvalue weighted by Gasteiger charge is 2.08. The van der Waals surface area contributed by atoms with Gasteiger partial charge in [0.05, 0.1) is 13.7 Å². The molecule has 1 heterocycles. The van der Waals surface area contributed by atoms with Crippen molar-refractivity contribution in [2.24, 2.45) is 0 Å². The number of amides is 1. The molecule has 0 aliphatic heterocycles. The number of benzene rings is 1. The maximum absolute atomic E-state index is 11.6. The van der Waals surface area contributed by atoms with Gasteiger partial charge in [0.15, 0.2) is 5.69 Å². The van der Waals surface area contributed by atoms with Gasteiger partial charge in [0, 0.05) is 11.6 Å². The molecule has 20 heavy (non-hydrogen) atoms. The molecule has 1 N–H and O–H groups in total. The van der Waals surface area contributed by atoms with Crippen LogP contribution in [0.4, 0.5) is 0 Å². The Hall–Kier alpha value is -2.74. The van der Waals surface area contributed by atoms with Gasteiger partial charge in [-0.3, -0.25) is 4.79 Å². The zero-order valence-electron chi connectivity index (χ0n) is 11.3. The molecule has 2 rings (SSSR count). The van der Waals surface area contributed by atoms with Gasteiger partial charge < -0.3 is 14.6 Å². The van der Waals surface area contributed by atoms with Crippen LogP contribution in [0.2, 0.25) is 0 Å². The largest absolute Gasteiger partial charge is 0.497 e. The number of carbonyl (C=O) groups is 1. The zero-order valence-corrected chi connectivity index (χ0v) is 11.3. The molecule has 5 heteroatoms. The Labute approximate surface area is 116 Å². The van der Waals surface area contributed by atoms with Gasteiger partial charge in [-0.05, 0) is 31.2 Å². The van der Waals surface area contributed by atoms with Crippen LogP contribution < -0.4 is 10.1 Å². The Morgan fingerprint density at radius 1 is 1.40 bits per heavy atom. The van der Waals surface area contributed by atoms with Crippen LogP contribution in [-0.2, 0) is 0 Å². The second-order valence-corrected chi connectivity index (χ2v) is 4.04. The lowest BCUT2D eigenvalue weighted by molar-refractivity contribution is 0.0949. The molecule has 102 valence electrons. The van der Waals surface area contributed by atoms with E-state index in [0.29, 0.717) is 5.76 Å². The molecule has 1 amide bonds. The van der Waals surface area contributed by atoms with E-state index in [2.05, 4.69) is 22.3 Å². The Kier molecular flexibility index (Phi) is 4.40. The molecule has 0 saturated carbocycles. The van der Waals surface area contributed by atoms with Crippen molar-refractivity contribution in [1.82, 2.24) is 10.5 Å². The highest BCUT2D eigenvalue weighted by atomic mass is 16.5. The average molecular weight is 270 g/mol. The van der Waals surface area contributed by atoms with Crippen LogP contribution in [0.15, 0.2) is 34.9 Å². The first-order chi connectivity index (χ1) is 9.69. The van der Waals surface area contributed by atoms with Crippen LogP contribution in [0.5, 0.6) is 5.75 Å². The fourth-order valence-corrected chi connectivity index (χ4v) is 1.51. The molecule has 0 aliphatic rings. The number of ether oxygens (including phenoxy) is 1. The third kappa shape index (κ3) is 3.62. The fraction of sp³-hybridized carbons (Fsp3) is 0.200. The van der Waals surface area contributed by atoms with Crippen molar-refractivity contribution < 1.29 is 14.1 Å². The van der Waals surface area contributed by atoms with Crippen molar-refractivity contribution in [2.75, 3.05) is 13.7 Å². The quantitative estimate of drug-likeness (QED) is 0.863. The van der Waals surface area contributed by atoms with E-state index in [-0.39, 0.29) is 18.1 Å². The topological polar surface area (TPSA) is 64.4 Å². The van der Waals surface area contributed by atoms with Crippen molar-refractivity contribution in [1.29, 1.82) is 0 Å². The predicted octanol–water partition coefficient (Wildman–Crippen LogP) is 1.77. The number of nitrogens with zero attached hydrogens (tertiary/aromatic N) is 1. The molecular formula is C15H14N2O3. The van der Waals surface area contributed by atoms with Gasteiger partial charge in [0.25, 0.3) is 5.91 Å². The third-order valence-corrected chi connectivity index (χ3v) is 2.52. The summed E-state index contributed by atoms with van der Waals surface area (Å²) >= 11 is 0. The smallest absolute Gasteiger partial charge is 0.274 e. The summed E-state index contributed by atoms with van der Waals surface area (Å²) in [6, 6.07) is 8.96. The highest BCUT2D eigenvalue weighted by Crippen LogP contribution is 2.09. The summed E-state index contributed by atoms with van der Waals surface area (Å²) in [7, 11) is 1.61. The van der Waals surface area contributed by atoms with E-state index in [1.54, 1.807) is 20.1 Å². The first-order valence-electron chi connectivity index (χ1n) is 6.03. The van der Waals surface area contributed by atoms with E-state index in [9.17, 15) is 4.79 Å². The van der Waals surface area contributed by atoms with Crippen molar-refractivity contribution in [2.45, 2.75) is 6.92 Å². The minimum atomic E-state index is -0.300. The molecule has 0 atom stereocenters. The van der Waals surface area contributed by atoms with Crippen LogP contribution in [0.3, 0.4) is 0 Å². The van der Waals surface area contributed by atoms with Crippen LogP contribution in [0, 0.1) is 18.8 Å². The van der Waals surface area contributed by atoms with E-state index in [4.69, 9.17) is 9.26 Å². The highest BCUT2D eigenvalue weighted by molar-refractivity contribution is 5.92. The lowest BCUT2D eigenvalue weighted by atomic mass is 10.2. The first kappa shape index (κ1) is 13.7. The molecule has 2 aromatic rings. The molecule has 0 spiro atoms. The van der Waals surface area contributed by atoms with Crippen molar-refractivity contribution >= 4 is 5.91 Å². The summed E-state index contributed by atoms with van der Waals surface area (Å²) in [5.41, 5.74) is 1.12. The SMILES string of the molecule is COc1ccc(C#CCNC(=O)c2cc(C)on2)cc1.